The van der Waals surface area contributed by atoms with Gasteiger partial charge in [-0.05, 0) is 34.9 Å². The average molecular weight is 241 g/mol. The lowest BCUT2D eigenvalue weighted by atomic mass is 9.92. The van der Waals surface area contributed by atoms with Crippen LogP contribution in [0.4, 0.5) is 0 Å². The van der Waals surface area contributed by atoms with Crippen molar-refractivity contribution >= 4 is 28.2 Å². The molecule has 0 aliphatic carbocycles. The van der Waals surface area contributed by atoms with Crippen molar-refractivity contribution < 1.29 is 4.79 Å². The second kappa shape index (κ2) is 5.14. The molecule has 2 atom stereocenters. The van der Waals surface area contributed by atoms with E-state index in [1.807, 2.05) is 0 Å². The number of carbonyl (C=O) groups is 1. The van der Waals surface area contributed by atoms with Gasteiger partial charge in [0.1, 0.15) is 0 Å². The van der Waals surface area contributed by atoms with Gasteiger partial charge < -0.3 is 5.32 Å². The van der Waals surface area contributed by atoms with Gasteiger partial charge in [-0.15, -0.1) is 0 Å². The Kier molecular flexibility index (Phi) is 3.83. The predicted octanol–water partition coefficient (Wildman–Crippen LogP) is 2.33. The molecular formula is C11H15NOS2. The van der Waals surface area contributed by atoms with Crippen LogP contribution in [0.1, 0.15) is 18.4 Å². The van der Waals surface area contributed by atoms with Crippen molar-refractivity contribution in [1.82, 2.24) is 5.32 Å². The molecule has 0 bridgehead atoms. The van der Waals surface area contributed by atoms with E-state index < -0.39 is 0 Å². The number of carbonyl (C=O) groups excluding carboxylic acids is 1. The van der Waals surface area contributed by atoms with Crippen molar-refractivity contribution in [3.05, 3.63) is 22.4 Å². The number of rotatable bonds is 3. The summed E-state index contributed by atoms with van der Waals surface area (Å²) in [5.74, 6) is 2.15. The summed E-state index contributed by atoms with van der Waals surface area (Å²) in [6.07, 6.45) is 0. The highest BCUT2D eigenvalue weighted by Gasteiger charge is 2.28. The van der Waals surface area contributed by atoms with E-state index in [0.29, 0.717) is 11.8 Å². The number of thioether (sulfide) groups is 1. The van der Waals surface area contributed by atoms with E-state index in [4.69, 9.17) is 0 Å². The van der Waals surface area contributed by atoms with Crippen LogP contribution in [-0.4, -0.2) is 24.0 Å². The van der Waals surface area contributed by atoms with Gasteiger partial charge in [0.2, 0.25) is 0 Å². The van der Waals surface area contributed by atoms with Gasteiger partial charge in [-0.3, -0.25) is 4.79 Å². The maximum absolute atomic E-state index is 10.9. The van der Waals surface area contributed by atoms with Crippen LogP contribution in [0.5, 0.6) is 0 Å². The second-order valence-electron chi connectivity index (χ2n) is 3.88. The molecule has 1 aliphatic heterocycles. The summed E-state index contributed by atoms with van der Waals surface area (Å²) >= 11 is 3.21. The lowest BCUT2D eigenvalue weighted by molar-refractivity contribution is -0.109. The Balaban J connectivity index is 1.96. The summed E-state index contributed by atoms with van der Waals surface area (Å²) in [4.78, 5) is 10.9. The highest BCUT2D eigenvalue weighted by Crippen LogP contribution is 2.31. The van der Waals surface area contributed by atoms with Gasteiger partial charge in [-0.1, -0.05) is 11.8 Å². The molecule has 2 rings (SSSR count). The Bertz CT molecular complexity index is 323. The molecule has 1 saturated heterocycles. The van der Waals surface area contributed by atoms with Crippen molar-refractivity contribution in [3.63, 3.8) is 0 Å². The Morgan fingerprint density at radius 3 is 3.20 bits per heavy atom. The highest BCUT2D eigenvalue weighted by atomic mass is 32.2. The molecule has 82 valence electrons. The quantitative estimate of drug-likeness (QED) is 0.880. The molecule has 0 spiro atoms. The molecule has 0 aromatic carbocycles. The maximum atomic E-state index is 10.9. The monoisotopic (exact) mass is 241 g/mol. The Hall–Kier alpha value is -0.320. The van der Waals surface area contributed by atoms with Crippen LogP contribution < -0.4 is 5.32 Å². The third-order valence-corrected chi connectivity index (χ3v) is 4.51. The predicted molar refractivity (Wildman–Crippen MR) is 66.6 cm³/mol. The van der Waals surface area contributed by atoms with Crippen molar-refractivity contribution in [2.45, 2.75) is 12.8 Å². The normalized spacial score (nSPS) is 25.7. The third kappa shape index (κ3) is 2.83. The van der Waals surface area contributed by atoms with E-state index in [9.17, 15) is 4.79 Å². The first kappa shape index (κ1) is 11.2. The molecule has 0 saturated carbocycles. The fourth-order valence-electron chi connectivity index (χ4n) is 2.01. The summed E-state index contributed by atoms with van der Waals surface area (Å²) in [7, 11) is 0. The Labute approximate surface area is 98.5 Å². The molecule has 0 radical (unpaired) electrons. The van der Waals surface area contributed by atoms with Gasteiger partial charge >= 0.3 is 0 Å². The first-order valence-electron chi connectivity index (χ1n) is 5.13. The molecule has 1 N–H and O–H groups in total. The third-order valence-electron chi connectivity index (χ3n) is 2.81. The smallest absolute Gasteiger partial charge is 0.185 e. The Morgan fingerprint density at radius 2 is 2.53 bits per heavy atom. The minimum Gasteiger partial charge on any atom is -0.316 e. The molecular weight excluding hydrogens is 226 g/mol. The molecule has 2 heterocycles. The molecule has 1 aromatic rings. The van der Waals surface area contributed by atoms with E-state index in [-0.39, 0.29) is 5.12 Å². The van der Waals surface area contributed by atoms with Crippen LogP contribution in [0.3, 0.4) is 0 Å². The molecule has 15 heavy (non-hydrogen) atoms. The van der Waals surface area contributed by atoms with Crippen molar-refractivity contribution in [2.75, 3.05) is 18.8 Å². The fourth-order valence-corrected chi connectivity index (χ4v) is 3.53. The zero-order chi connectivity index (χ0) is 10.7. The lowest BCUT2D eigenvalue weighted by Gasteiger charge is -2.16. The first-order valence-corrected chi connectivity index (χ1v) is 7.06. The molecule has 1 aliphatic rings. The van der Waals surface area contributed by atoms with Crippen LogP contribution in [0.25, 0.3) is 0 Å². The topological polar surface area (TPSA) is 29.1 Å². The van der Waals surface area contributed by atoms with E-state index >= 15 is 0 Å². The van der Waals surface area contributed by atoms with Crippen LogP contribution >= 0.6 is 23.1 Å². The Morgan fingerprint density at radius 1 is 1.67 bits per heavy atom. The van der Waals surface area contributed by atoms with Gasteiger partial charge in [0.25, 0.3) is 0 Å². The van der Waals surface area contributed by atoms with Gasteiger partial charge in [-0.2, -0.15) is 11.3 Å². The number of hydrogen-bond donors (Lipinski definition) is 1. The van der Waals surface area contributed by atoms with E-state index in [1.54, 1.807) is 18.3 Å². The van der Waals surface area contributed by atoms with Crippen LogP contribution in [0.2, 0.25) is 0 Å². The van der Waals surface area contributed by atoms with Gasteiger partial charge in [0.15, 0.2) is 5.12 Å². The summed E-state index contributed by atoms with van der Waals surface area (Å²) in [5.41, 5.74) is 1.43. The van der Waals surface area contributed by atoms with Crippen LogP contribution in [0, 0.1) is 5.92 Å². The second-order valence-corrected chi connectivity index (χ2v) is 5.86. The average Bonchev–Trinajstić information content (AvgIpc) is 2.85. The maximum Gasteiger partial charge on any atom is 0.185 e. The SMILES string of the molecule is CC(=O)SCC1CNCC1c1ccsc1. The van der Waals surface area contributed by atoms with Gasteiger partial charge in [0.05, 0.1) is 0 Å². The van der Waals surface area contributed by atoms with Gasteiger partial charge in [-0.25, -0.2) is 0 Å². The highest BCUT2D eigenvalue weighted by molar-refractivity contribution is 8.13. The summed E-state index contributed by atoms with van der Waals surface area (Å²) in [5, 5.41) is 8.00. The van der Waals surface area contributed by atoms with E-state index in [1.165, 1.54) is 17.3 Å². The molecule has 1 fully saturated rings. The molecule has 2 unspecified atom stereocenters. The van der Waals surface area contributed by atoms with Crippen LogP contribution in [0.15, 0.2) is 16.8 Å². The van der Waals surface area contributed by atoms with Gasteiger partial charge in [0, 0.05) is 25.1 Å². The molecule has 1 aromatic heterocycles. The number of thiophene rings is 1. The minimum absolute atomic E-state index is 0.228. The standard InChI is InChI=1S/C11H15NOS2/c1-8(13)15-7-10-4-12-5-11(10)9-2-3-14-6-9/h2-3,6,10-12H,4-5,7H2,1H3. The molecule has 4 heteroatoms. The van der Waals surface area contributed by atoms with E-state index in [2.05, 4.69) is 22.1 Å². The first-order chi connectivity index (χ1) is 7.27. The van der Waals surface area contributed by atoms with Crippen LogP contribution in [-0.2, 0) is 4.79 Å². The fraction of sp³-hybridized carbons (Fsp3) is 0.545. The number of hydrogen-bond acceptors (Lipinski definition) is 4. The summed E-state index contributed by atoms with van der Waals surface area (Å²) < 4.78 is 0. The van der Waals surface area contributed by atoms with Crippen molar-refractivity contribution in [1.29, 1.82) is 0 Å². The van der Waals surface area contributed by atoms with E-state index in [0.717, 1.165) is 18.8 Å². The van der Waals surface area contributed by atoms with Crippen molar-refractivity contribution in [3.8, 4) is 0 Å². The molecule has 2 nitrogen and oxygen atoms in total. The summed E-state index contributed by atoms with van der Waals surface area (Å²) in [6, 6.07) is 2.20. The minimum atomic E-state index is 0.228. The lowest BCUT2D eigenvalue weighted by Crippen LogP contribution is -2.13. The van der Waals surface area contributed by atoms with Crippen molar-refractivity contribution in [2.24, 2.45) is 5.92 Å². The zero-order valence-electron chi connectivity index (χ0n) is 8.73. The summed E-state index contributed by atoms with van der Waals surface area (Å²) in [6.45, 7) is 3.74. The number of nitrogens with one attached hydrogen (secondary N) is 1. The molecule has 0 amide bonds. The largest absolute Gasteiger partial charge is 0.316 e. The zero-order valence-corrected chi connectivity index (χ0v) is 10.4.